The van der Waals surface area contributed by atoms with Gasteiger partial charge in [-0.15, -0.1) is 0 Å². The van der Waals surface area contributed by atoms with Crippen molar-refractivity contribution in [3.8, 4) is 0 Å². The van der Waals surface area contributed by atoms with Gasteiger partial charge in [0.1, 0.15) is 0 Å². The van der Waals surface area contributed by atoms with Gasteiger partial charge in [-0.3, -0.25) is 9.88 Å². The van der Waals surface area contributed by atoms with E-state index in [1.54, 1.807) is 0 Å². The van der Waals surface area contributed by atoms with Crippen molar-refractivity contribution in [2.75, 3.05) is 0 Å². The third kappa shape index (κ3) is 3.11. The van der Waals surface area contributed by atoms with Crippen molar-refractivity contribution in [2.24, 2.45) is 0 Å². The quantitative estimate of drug-likeness (QED) is 0.816. The number of hydrogen-bond acceptors (Lipinski definition) is 3. The lowest BCUT2D eigenvalue weighted by Crippen LogP contribution is -2.28. The van der Waals surface area contributed by atoms with E-state index in [9.17, 15) is 0 Å². The number of hydrogen-bond donors (Lipinski definition) is 0. The standard InChI is InChI=1S/C21H26N2O/c1-15(17-7-8-19-13-24-14-20(19)10-17)5-6-16(2)23-11-18-4-3-9-22-21(18)12-23/h3-4,7-10,15-16H,5-6,11-14H2,1-2H3. The first-order valence-electron chi connectivity index (χ1n) is 9.07. The number of pyridine rings is 1. The van der Waals surface area contributed by atoms with E-state index in [1.807, 2.05) is 12.3 Å². The molecule has 0 N–H and O–H groups in total. The normalized spacial score (nSPS) is 19.1. The molecule has 2 aromatic rings. The zero-order valence-corrected chi connectivity index (χ0v) is 14.7. The molecular formula is C21H26N2O. The van der Waals surface area contributed by atoms with E-state index in [-0.39, 0.29) is 0 Å². The summed E-state index contributed by atoms with van der Waals surface area (Å²) < 4.78 is 5.53. The Morgan fingerprint density at radius 2 is 1.92 bits per heavy atom. The van der Waals surface area contributed by atoms with Gasteiger partial charge in [0, 0.05) is 25.3 Å². The Morgan fingerprint density at radius 3 is 2.79 bits per heavy atom. The van der Waals surface area contributed by atoms with Crippen LogP contribution in [0.15, 0.2) is 36.5 Å². The van der Waals surface area contributed by atoms with Crippen LogP contribution in [0.3, 0.4) is 0 Å². The van der Waals surface area contributed by atoms with Crippen LogP contribution >= 0.6 is 0 Å². The van der Waals surface area contributed by atoms with Gasteiger partial charge in [-0.2, -0.15) is 0 Å². The lowest BCUT2D eigenvalue weighted by Gasteiger charge is -2.25. The summed E-state index contributed by atoms with van der Waals surface area (Å²) in [6.07, 6.45) is 4.36. The number of ether oxygens (including phenoxy) is 1. The number of benzene rings is 1. The van der Waals surface area contributed by atoms with Crippen LogP contribution in [0.5, 0.6) is 0 Å². The molecule has 0 aliphatic carbocycles. The summed E-state index contributed by atoms with van der Waals surface area (Å²) in [5, 5.41) is 0. The molecule has 2 aliphatic rings. The maximum atomic E-state index is 5.53. The van der Waals surface area contributed by atoms with Gasteiger partial charge in [-0.1, -0.05) is 31.2 Å². The summed E-state index contributed by atoms with van der Waals surface area (Å²) in [6, 6.07) is 11.8. The monoisotopic (exact) mass is 322 g/mol. The van der Waals surface area contributed by atoms with Gasteiger partial charge in [-0.25, -0.2) is 0 Å². The third-order valence-electron chi connectivity index (χ3n) is 5.67. The first-order chi connectivity index (χ1) is 11.7. The van der Waals surface area contributed by atoms with Gasteiger partial charge in [0.25, 0.3) is 0 Å². The Kier molecular flexibility index (Phi) is 4.38. The van der Waals surface area contributed by atoms with Crippen molar-refractivity contribution in [2.45, 2.75) is 65.0 Å². The van der Waals surface area contributed by atoms with Crippen LogP contribution < -0.4 is 0 Å². The summed E-state index contributed by atoms with van der Waals surface area (Å²) in [4.78, 5) is 7.07. The zero-order valence-electron chi connectivity index (χ0n) is 14.7. The minimum atomic E-state index is 0.597. The fourth-order valence-corrected chi connectivity index (χ4v) is 3.88. The molecule has 1 aromatic heterocycles. The Bertz CT molecular complexity index is 703. The number of fused-ring (bicyclic) bond motifs is 2. The molecule has 4 rings (SSSR count). The van der Waals surface area contributed by atoms with E-state index in [4.69, 9.17) is 4.74 Å². The molecule has 0 radical (unpaired) electrons. The number of rotatable bonds is 5. The van der Waals surface area contributed by atoms with Crippen molar-refractivity contribution in [3.05, 3.63) is 64.5 Å². The van der Waals surface area contributed by atoms with Crippen LogP contribution in [0.1, 0.15) is 60.6 Å². The highest BCUT2D eigenvalue weighted by Gasteiger charge is 2.24. The lowest BCUT2D eigenvalue weighted by molar-refractivity contribution is 0.134. The lowest BCUT2D eigenvalue weighted by atomic mass is 9.92. The predicted molar refractivity (Wildman–Crippen MR) is 95.5 cm³/mol. The Labute approximate surface area is 144 Å². The summed E-state index contributed by atoms with van der Waals surface area (Å²) in [7, 11) is 0. The first-order valence-corrected chi connectivity index (χ1v) is 9.07. The average molecular weight is 322 g/mol. The topological polar surface area (TPSA) is 25.4 Å². The molecule has 0 amide bonds. The molecule has 0 saturated carbocycles. The number of nitrogens with zero attached hydrogens (tertiary/aromatic N) is 2. The van der Waals surface area contributed by atoms with E-state index in [1.165, 1.54) is 40.8 Å². The number of aromatic nitrogens is 1. The predicted octanol–water partition coefficient (Wildman–Crippen LogP) is 4.40. The van der Waals surface area contributed by atoms with Crippen molar-refractivity contribution in [1.82, 2.24) is 9.88 Å². The summed E-state index contributed by atoms with van der Waals surface area (Å²) in [5.74, 6) is 0.599. The van der Waals surface area contributed by atoms with Crippen LogP contribution in [0.25, 0.3) is 0 Å². The van der Waals surface area contributed by atoms with Crippen molar-refractivity contribution in [1.29, 1.82) is 0 Å². The summed E-state index contributed by atoms with van der Waals surface area (Å²) >= 11 is 0. The highest BCUT2D eigenvalue weighted by Crippen LogP contribution is 2.29. The SMILES string of the molecule is CC(CCC(C)N1Cc2cccnc2C1)c1ccc2c(c1)COC2. The summed E-state index contributed by atoms with van der Waals surface area (Å²) in [6.45, 7) is 8.33. The molecule has 0 saturated heterocycles. The first kappa shape index (κ1) is 15.8. The third-order valence-corrected chi connectivity index (χ3v) is 5.67. The van der Waals surface area contributed by atoms with Crippen LogP contribution in [-0.2, 0) is 31.0 Å². The molecule has 3 nitrogen and oxygen atoms in total. The maximum absolute atomic E-state index is 5.53. The molecule has 126 valence electrons. The molecule has 2 unspecified atom stereocenters. The van der Waals surface area contributed by atoms with Gasteiger partial charge in [0.2, 0.25) is 0 Å². The van der Waals surface area contributed by atoms with Gasteiger partial charge < -0.3 is 4.74 Å². The van der Waals surface area contributed by atoms with E-state index in [0.717, 1.165) is 26.3 Å². The van der Waals surface area contributed by atoms with Gasteiger partial charge in [0.15, 0.2) is 0 Å². The van der Waals surface area contributed by atoms with E-state index < -0.39 is 0 Å². The summed E-state index contributed by atoms with van der Waals surface area (Å²) in [5.41, 5.74) is 6.86. The highest BCUT2D eigenvalue weighted by atomic mass is 16.5. The molecule has 1 aromatic carbocycles. The van der Waals surface area contributed by atoms with Crippen LogP contribution in [0.2, 0.25) is 0 Å². The maximum Gasteiger partial charge on any atom is 0.0725 e. The van der Waals surface area contributed by atoms with E-state index in [2.05, 4.69) is 48.0 Å². The minimum Gasteiger partial charge on any atom is -0.372 e. The molecule has 3 heteroatoms. The van der Waals surface area contributed by atoms with Gasteiger partial charge >= 0.3 is 0 Å². The van der Waals surface area contributed by atoms with Gasteiger partial charge in [-0.05, 0) is 54.0 Å². The Balaban J connectivity index is 1.33. The molecule has 24 heavy (non-hydrogen) atoms. The van der Waals surface area contributed by atoms with Crippen LogP contribution in [0, 0.1) is 0 Å². The molecule has 0 bridgehead atoms. The second-order valence-electron chi connectivity index (χ2n) is 7.36. The molecule has 3 heterocycles. The van der Waals surface area contributed by atoms with E-state index >= 15 is 0 Å². The van der Waals surface area contributed by atoms with E-state index in [0.29, 0.717) is 12.0 Å². The van der Waals surface area contributed by atoms with Gasteiger partial charge in [0.05, 0.1) is 18.9 Å². The molecule has 2 aliphatic heterocycles. The molecule has 0 spiro atoms. The smallest absolute Gasteiger partial charge is 0.0725 e. The van der Waals surface area contributed by atoms with Crippen LogP contribution in [-0.4, -0.2) is 15.9 Å². The Morgan fingerprint density at radius 1 is 1.04 bits per heavy atom. The molecule has 0 fully saturated rings. The minimum absolute atomic E-state index is 0.597. The molecule has 2 atom stereocenters. The zero-order chi connectivity index (χ0) is 16.5. The average Bonchev–Trinajstić information content (AvgIpc) is 3.24. The Hall–Kier alpha value is -1.71. The second kappa shape index (κ2) is 6.66. The molecular weight excluding hydrogens is 296 g/mol. The fraction of sp³-hybridized carbons (Fsp3) is 0.476. The fourth-order valence-electron chi connectivity index (χ4n) is 3.88. The van der Waals surface area contributed by atoms with Crippen LogP contribution in [0.4, 0.5) is 0 Å². The van der Waals surface area contributed by atoms with Crippen molar-refractivity contribution >= 4 is 0 Å². The largest absolute Gasteiger partial charge is 0.372 e. The second-order valence-corrected chi connectivity index (χ2v) is 7.36. The van der Waals surface area contributed by atoms with Crippen molar-refractivity contribution < 1.29 is 4.74 Å². The highest BCUT2D eigenvalue weighted by molar-refractivity contribution is 5.34. The van der Waals surface area contributed by atoms with Crippen molar-refractivity contribution in [3.63, 3.8) is 0 Å².